The molecule has 4 heteroatoms. The van der Waals surface area contributed by atoms with Gasteiger partial charge in [-0.25, -0.2) is 9.79 Å². The van der Waals surface area contributed by atoms with E-state index in [0.717, 1.165) is 5.06 Å². The normalized spacial score (nSPS) is 26.8. The minimum absolute atomic E-state index is 0.0941. The van der Waals surface area contributed by atoms with E-state index in [9.17, 15) is 10.0 Å². The fraction of sp³-hybridized carbons (Fsp3) is 0.667. The zero-order valence-corrected chi connectivity index (χ0v) is 7.95. The molecule has 0 aromatic rings. The summed E-state index contributed by atoms with van der Waals surface area (Å²) in [5, 5.41) is 10.7. The first-order chi connectivity index (χ1) is 5.97. The van der Waals surface area contributed by atoms with Crippen LogP contribution in [0, 0.1) is 0 Å². The van der Waals surface area contributed by atoms with Gasteiger partial charge >= 0.3 is 0 Å². The number of aliphatic imine (C=N–C) groups is 1. The van der Waals surface area contributed by atoms with Crippen molar-refractivity contribution in [2.75, 3.05) is 0 Å². The molecule has 1 aliphatic heterocycles. The molecule has 1 N–H and O–H groups in total. The molecule has 0 aromatic carbocycles. The fourth-order valence-corrected chi connectivity index (χ4v) is 1.69. The molecule has 1 fully saturated rings. The summed E-state index contributed by atoms with van der Waals surface area (Å²) in [6.07, 6.45) is 2.70. The maximum atomic E-state index is 10.1. The summed E-state index contributed by atoms with van der Waals surface area (Å²) in [5.41, 5.74) is 0.195. The molecular weight excluding hydrogens is 168 g/mol. The van der Waals surface area contributed by atoms with Crippen molar-refractivity contribution < 1.29 is 10.0 Å². The molecule has 1 unspecified atom stereocenters. The van der Waals surface area contributed by atoms with E-state index in [1.54, 1.807) is 6.08 Å². The number of nitrogens with zero attached hydrogens (tertiary/aromatic N) is 2. The van der Waals surface area contributed by atoms with Gasteiger partial charge in [0.25, 0.3) is 0 Å². The lowest BCUT2D eigenvalue weighted by molar-refractivity contribution is -0.148. The second-order valence-corrected chi connectivity index (χ2v) is 3.97. The third kappa shape index (κ3) is 1.97. The van der Waals surface area contributed by atoms with Crippen LogP contribution in [-0.2, 0) is 4.79 Å². The Bertz CT molecular complexity index is 267. The Hall–Kier alpha value is -1.12. The number of hydrogen-bond donors (Lipinski definition) is 1. The Balaban J connectivity index is 2.81. The number of isocyanates is 1. The summed E-state index contributed by atoms with van der Waals surface area (Å²) in [6, 6.07) is -0.0941. The van der Waals surface area contributed by atoms with Crippen molar-refractivity contribution in [3.8, 4) is 0 Å². The molecular formula is C9H14N2O2. The standard InChI is InChI=1S/C9H14N2O2/c1-7-4-8(10-6-12)5-9(2,3)11(7)13/h8,13H,1,4-5H2,2-3H3. The van der Waals surface area contributed by atoms with Gasteiger partial charge in [0, 0.05) is 12.1 Å². The van der Waals surface area contributed by atoms with Gasteiger partial charge in [-0.15, -0.1) is 0 Å². The summed E-state index contributed by atoms with van der Waals surface area (Å²) in [4.78, 5) is 13.7. The molecule has 0 aromatic heterocycles. The SMILES string of the molecule is C=C1CC(N=C=O)CC(C)(C)N1O. The number of rotatable bonds is 1. The van der Waals surface area contributed by atoms with E-state index in [4.69, 9.17) is 0 Å². The van der Waals surface area contributed by atoms with Crippen molar-refractivity contribution >= 4 is 6.08 Å². The Labute approximate surface area is 77.5 Å². The predicted octanol–water partition coefficient (Wildman–Crippen LogP) is 1.47. The van der Waals surface area contributed by atoms with Crippen LogP contribution in [0.5, 0.6) is 0 Å². The highest BCUT2D eigenvalue weighted by Gasteiger charge is 2.35. The van der Waals surface area contributed by atoms with Gasteiger partial charge in [0.05, 0.1) is 11.6 Å². The highest BCUT2D eigenvalue weighted by molar-refractivity contribution is 5.34. The minimum Gasteiger partial charge on any atom is -0.288 e. The van der Waals surface area contributed by atoms with E-state index in [2.05, 4.69) is 11.6 Å². The average molecular weight is 182 g/mol. The zero-order chi connectivity index (χ0) is 10.1. The Morgan fingerprint density at radius 2 is 2.38 bits per heavy atom. The van der Waals surface area contributed by atoms with Crippen molar-refractivity contribution in [2.24, 2.45) is 4.99 Å². The number of hydrogen-bond acceptors (Lipinski definition) is 4. The molecule has 1 atom stereocenters. The molecule has 0 spiro atoms. The monoisotopic (exact) mass is 182 g/mol. The van der Waals surface area contributed by atoms with E-state index in [-0.39, 0.29) is 6.04 Å². The Morgan fingerprint density at radius 1 is 1.77 bits per heavy atom. The largest absolute Gasteiger partial charge is 0.288 e. The maximum Gasteiger partial charge on any atom is 0.235 e. The zero-order valence-electron chi connectivity index (χ0n) is 7.95. The second kappa shape index (κ2) is 3.32. The van der Waals surface area contributed by atoms with Crippen molar-refractivity contribution in [3.63, 3.8) is 0 Å². The maximum absolute atomic E-state index is 10.1. The Kier molecular flexibility index (Phi) is 2.55. The van der Waals surface area contributed by atoms with Gasteiger partial charge in [0.15, 0.2) is 0 Å². The first kappa shape index (κ1) is 9.96. The van der Waals surface area contributed by atoms with Crippen LogP contribution in [0.15, 0.2) is 17.3 Å². The van der Waals surface area contributed by atoms with Crippen molar-refractivity contribution in [1.29, 1.82) is 0 Å². The summed E-state index contributed by atoms with van der Waals surface area (Å²) in [6.45, 7) is 7.47. The number of piperidine rings is 1. The van der Waals surface area contributed by atoms with E-state index in [0.29, 0.717) is 18.5 Å². The molecule has 0 amide bonds. The van der Waals surface area contributed by atoms with Crippen LogP contribution in [0.1, 0.15) is 26.7 Å². The molecule has 0 radical (unpaired) electrons. The second-order valence-electron chi connectivity index (χ2n) is 3.97. The van der Waals surface area contributed by atoms with Gasteiger partial charge in [0.1, 0.15) is 0 Å². The van der Waals surface area contributed by atoms with Crippen LogP contribution in [0.3, 0.4) is 0 Å². The van der Waals surface area contributed by atoms with Crippen LogP contribution in [-0.4, -0.2) is 27.9 Å². The lowest BCUT2D eigenvalue weighted by Gasteiger charge is -2.42. The average Bonchev–Trinajstić information content (AvgIpc) is 2.00. The minimum atomic E-state index is -0.402. The van der Waals surface area contributed by atoms with Crippen molar-refractivity contribution in [1.82, 2.24) is 5.06 Å². The fourth-order valence-electron chi connectivity index (χ4n) is 1.69. The van der Waals surface area contributed by atoms with E-state index < -0.39 is 5.54 Å². The van der Waals surface area contributed by atoms with Crippen molar-refractivity contribution in [3.05, 3.63) is 12.3 Å². The van der Waals surface area contributed by atoms with Crippen LogP contribution in [0.4, 0.5) is 0 Å². The van der Waals surface area contributed by atoms with E-state index in [1.165, 1.54) is 0 Å². The number of carbonyl (C=O) groups excluding carboxylic acids is 1. The molecule has 13 heavy (non-hydrogen) atoms. The predicted molar refractivity (Wildman–Crippen MR) is 48.0 cm³/mol. The molecule has 0 aliphatic carbocycles. The third-order valence-corrected chi connectivity index (χ3v) is 2.31. The summed E-state index contributed by atoms with van der Waals surface area (Å²) < 4.78 is 0. The number of hydroxylamine groups is 2. The molecule has 1 rings (SSSR count). The van der Waals surface area contributed by atoms with E-state index >= 15 is 0 Å². The highest BCUT2D eigenvalue weighted by Crippen LogP contribution is 2.32. The Morgan fingerprint density at radius 3 is 2.85 bits per heavy atom. The van der Waals surface area contributed by atoms with Crippen LogP contribution in [0.2, 0.25) is 0 Å². The molecule has 1 heterocycles. The van der Waals surface area contributed by atoms with E-state index in [1.807, 2.05) is 13.8 Å². The van der Waals surface area contributed by atoms with Gasteiger partial charge < -0.3 is 0 Å². The smallest absolute Gasteiger partial charge is 0.235 e. The van der Waals surface area contributed by atoms with Crippen molar-refractivity contribution in [2.45, 2.75) is 38.3 Å². The summed E-state index contributed by atoms with van der Waals surface area (Å²) >= 11 is 0. The molecule has 0 saturated carbocycles. The first-order valence-corrected chi connectivity index (χ1v) is 4.21. The van der Waals surface area contributed by atoms with Gasteiger partial charge in [-0.1, -0.05) is 6.58 Å². The van der Waals surface area contributed by atoms with Gasteiger partial charge in [-0.05, 0) is 20.3 Å². The molecule has 4 nitrogen and oxygen atoms in total. The quantitative estimate of drug-likeness (QED) is 0.493. The molecule has 1 saturated heterocycles. The van der Waals surface area contributed by atoms with Crippen LogP contribution < -0.4 is 0 Å². The lowest BCUT2D eigenvalue weighted by atomic mass is 9.88. The van der Waals surface area contributed by atoms with Gasteiger partial charge in [-0.3, -0.25) is 10.3 Å². The van der Waals surface area contributed by atoms with Crippen LogP contribution >= 0.6 is 0 Å². The third-order valence-electron chi connectivity index (χ3n) is 2.31. The topological polar surface area (TPSA) is 52.9 Å². The van der Waals surface area contributed by atoms with Gasteiger partial charge in [-0.2, -0.15) is 0 Å². The lowest BCUT2D eigenvalue weighted by Crippen LogP contribution is -2.47. The first-order valence-electron chi connectivity index (χ1n) is 4.21. The molecule has 72 valence electrons. The summed E-state index contributed by atoms with van der Waals surface area (Å²) in [7, 11) is 0. The molecule has 1 aliphatic rings. The molecule has 0 bridgehead atoms. The highest BCUT2D eigenvalue weighted by atomic mass is 16.5. The van der Waals surface area contributed by atoms with Crippen LogP contribution in [0.25, 0.3) is 0 Å². The van der Waals surface area contributed by atoms with Gasteiger partial charge in [0.2, 0.25) is 6.08 Å². The summed E-state index contributed by atoms with van der Waals surface area (Å²) in [5.74, 6) is 0.